The van der Waals surface area contributed by atoms with Crippen LogP contribution in [0.15, 0.2) is 103 Å². The standard InChI is InChI=1S/C75H89BN2S/c1-67(2,3)46-20-24-49(25-21-46)77-59-29-23-48(69(7,8)9)41-58(59)76-64-60(77)38-45(63-51-27-22-47(68(4,5)6)40-54(51)74(16)30-18-19-31-75(63,74)17)39-61(64)78(50-26-28-53-55(42-50)71(12,13)33-32-70(53,10)11)65-52-43-56-57(44-62(52)79-66(65)76)73(15)36-34-72(56,14)35-37-73/h20-29,38-44,63H,18-19,30-37H2,1-17H3. The van der Waals surface area contributed by atoms with E-state index in [2.05, 4.69) is 242 Å². The molecule has 6 aromatic carbocycles. The van der Waals surface area contributed by atoms with Gasteiger partial charge in [-0.15, -0.1) is 11.3 Å². The number of fused-ring (bicyclic) bond motifs is 12. The van der Waals surface area contributed by atoms with Gasteiger partial charge >= 0.3 is 0 Å². The molecule has 8 aliphatic rings. The highest BCUT2D eigenvalue weighted by Crippen LogP contribution is 2.68. The van der Waals surface area contributed by atoms with Gasteiger partial charge in [-0.3, -0.25) is 0 Å². The minimum absolute atomic E-state index is 0.0252. The summed E-state index contributed by atoms with van der Waals surface area (Å²) in [6.07, 6.45) is 12.5. The van der Waals surface area contributed by atoms with Gasteiger partial charge in [-0.2, -0.15) is 0 Å². The number of hydrogen-bond donors (Lipinski definition) is 0. The van der Waals surface area contributed by atoms with Crippen LogP contribution in [0.1, 0.15) is 243 Å². The normalized spacial score (nSPS) is 27.0. The SMILES string of the molecule is CC(C)(C)c1ccc(N2c3ccc(C(C)(C)C)cc3B3c4sc5cc6c(cc5c4N(c4ccc5c(c4)C(C)(C)CCC5(C)C)c4cc(C5c7ccc(C(C)(C)C)cc7C7(C)CCCCC57C)cc2c43)C2(C)CCC6(C)CC2)cc1. The molecular formula is C75H89BN2S. The van der Waals surface area contributed by atoms with E-state index in [1.54, 1.807) is 22.3 Å². The van der Waals surface area contributed by atoms with Crippen molar-refractivity contribution in [3.63, 3.8) is 0 Å². The maximum Gasteiger partial charge on any atom is 0.264 e. The van der Waals surface area contributed by atoms with E-state index < -0.39 is 0 Å². The van der Waals surface area contributed by atoms with E-state index >= 15 is 0 Å². The zero-order valence-corrected chi connectivity index (χ0v) is 52.2. The van der Waals surface area contributed by atoms with Crippen molar-refractivity contribution in [3.8, 4) is 0 Å². The minimum Gasteiger partial charge on any atom is -0.311 e. The summed E-state index contributed by atoms with van der Waals surface area (Å²) in [5, 5.41) is 1.45. The van der Waals surface area contributed by atoms with Gasteiger partial charge in [-0.1, -0.05) is 179 Å². The molecule has 0 saturated heterocycles. The number of nitrogens with zero attached hydrogens (tertiary/aromatic N) is 2. The van der Waals surface area contributed by atoms with Gasteiger partial charge in [0.1, 0.15) is 0 Å². The summed E-state index contributed by atoms with van der Waals surface area (Å²) < 4.78 is 2.96. The molecule has 3 unspecified atom stereocenters. The van der Waals surface area contributed by atoms with Crippen molar-refractivity contribution < 1.29 is 0 Å². The molecule has 4 heteroatoms. The Kier molecular flexibility index (Phi) is 10.8. The topological polar surface area (TPSA) is 6.48 Å². The van der Waals surface area contributed by atoms with Crippen LogP contribution >= 0.6 is 11.3 Å². The second-order valence-electron chi connectivity index (χ2n) is 32.2. The van der Waals surface area contributed by atoms with Crippen molar-refractivity contribution in [3.05, 3.63) is 159 Å². The molecule has 79 heavy (non-hydrogen) atoms. The second-order valence-corrected chi connectivity index (χ2v) is 33.3. The zero-order chi connectivity index (χ0) is 55.7. The predicted octanol–water partition coefficient (Wildman–Crippen LogP) is 19.3. The number of hydrogen-bond acceptors (Lipinski definition) is 3. The molecule has 7 aromatic rings. The third-order valence-corrected chi connectivity index (χ3v) is 24.4. The lowest BCUT2D eigenvalue weighted by Gasteiger charge is -2.52. The summed E-state index contributed by atoms with van der Waals surface area (Å²) in [4.78, 5) is 5.59. The molecule has 2 bridgehead atoms. The van der Waals surface area contributed by atoms with Crippen molar-refractivity contribution in [1.29, 1.82) is 0 Å². The zero-order valence-electron chi connectivity index (χ0n) is 51.3. The Hall–Kier alpha value is -5.06. The van der Waals surface area contributed by atoms with Gasteiger partial charge in [0.2, 0.25) is 0 Å². The molecule has 2 saturated carbocycles. The van der Waals surface area contributed by atoms with Crippen LogP contribution in [-0.2, 0) is 43.3 Å². The van der Waals surface area contributed by atoms with E-state index in [1.165, 1.54) is 158 Å². The Morgan fingerprint density at radius 1 is 0.468 bits per heavy atom. The summed E-state index contributed by atoms with van der Waals surface area (Å²) in [5.41, 5.74) is 26.8. The van der Waals surface area contributed by atoms with Crippen molar-refractivity contribution >= 4 is 78.0 Å². The molecule has 0 spiro atoms. The Morgan fingerprint density at radius 2 is 1.03 bits per heavy atom. The third kappa shape index (κ3) is 7.26. The first-order valence-electron chi connectivity index (χ1n) is 30.9. The quantitative estimate of drug-likeness (QED) is 0.163. The van der Waals surface area contributed by atoms with Gasteiger partial charge in [0.15, 0.2) is 0 Å². The molecule has 2 fully saturated rings. The van der Waals surface area contributed by atoms with Crippen LogP contribution < -0.4 is 25.5 Å². The van der Waals surface area contributed by atoms with Gasteiger partial charge in [-0.25, -0.2) is 0 Å². The van der Waals surface area contributed by atoms with Crippen molar-refractivity contribution in [2.75, 3.05) is 9.80 Å². The van der Waals surface area contributed by atoms with E-state index in [1.807, 2.05) is 0 Å². The average Bonchev–Trinajstić information content (AvgIpc) is 2.57. The Labute approximate surface area is 480 Å². The van der Waals surface area contributed by atoms with Gasteiger partial charge in [-0.05, 0) is 221 Å². The minimum atomic E-state index is -0.0252. The molecule has 3 atom stereocenters. The first-order valence-corrected chi connectivity index (χ1v) is 31.7. The first kappa shape index (κ1) is 52.0. The smallest absolute Gasteiger partial charge is 0.264 e. The molecule has 15 rings (SSSR count). The second kappa shape index (κ2) is 16.4. The molecule has 6 aliphatic carbocycles. The lowest BCUT2D eigenvalue weighted by molar-refractivity contribution is 0.0923. The van der Waals surface area contributed by atoms with Crippen LogP contribution in [0.2, 0.25) is 0 Å². The Morgan fingerprint density at radius 3 is 1.67 bits per heavy atom. The monoisotopic (exact) mass is 1060 g/mol. The van der Waals surface area contributed by atoms with Gasteiger partial charge in [0.25, 0.3) is 6.71 Å². The lowest BCUT2D eigenvalue weighted by atomic mass is 9.36. The van der Waals surface area contributed by atoms with Crippen LogP contribution in [0.4, 0.5) is 34.1 Å². The Balaban J connectivity index is 1.13. The van der Waals surface area contributed by atoms with E-state index in [0.717, 1.165) is 0 Å². The fourth-order valence-corrected chi connectivity index (χ4v) is 18.9. The molecule has 3 heterocycles. The maximum atomic E-state index is 2.86. The number of thiophene rings is 1. The maximum absolute atomic E-state index is 2.86. The number of anilines is 6. The fraction of sp³-hybridized carbons (Fsp3) is 0.493. The molecule has 0 N–H and O–H groups in total. The van der Waals surface area contributed by atoms with Crippen molar-refractivity contribution in [2.45, 2.75) is 231 Å². The average molecular weight is 1060 g/mol. The molecule has 408 valence electrons. The van der Waals surface area contributed by atoms with Crippen LogP contribution in [0.25, 0.3) is 10.1 Å². The highest BCUT2D eigenvalue weighted by molar-refractivity contribution is 7.33. The Bertz CT molecular complexity index is 3720. The summed E-state index contributed by atoms with van der Waals surface area (Å²) in [6.45, 7) is 42.1. The van der Waals surface area contributed by atoms with E-state index in [4.69, 9.17) is 0 Å². The number of rotatable bonds is 3. The van der Waals surface area contributed by atoms with Crippen LogP contribution in [0, 0.1) is 5.41 Å². The van der Waals surface area contributed by atoms with Gasteiger partial charge in [0, 0.05) is 49.2 Å². The van der Waals surface area contributed by atoms with Crippen LogP contribution in [-0.4, -0.2) is 6.71 Å². The highest BCUT2D eigenvalue weighted by atomic mass is 32.1. The molecule has 2 aliphatic heterocycles. The summed E-state index contributed by atoms with van der Waals surface area (Å²) >= 11 is 2.12. The largest absolute Gasteiger partial charge is 0.311 e. The lowest BCUT2D eigenvalue weighted by Crippen LogP contribution is -2.60. The van der Waals surface area contributed by atoms with E-state index in [0.29, 0.717) is 0 Å². The van der Waals surface area contributed by atoms with Gasteiger partial charge in [0.05, 0.1) is 5.69 Å². The van der Waals surface area contributed by atoms with Crippen molar-refractivity contribution in [2.24, 2.45) is 5.41 Å². The van der Waals surface area contributed by atoms with Crippen molar-refractivity contribution in [1.82, 2.24) is 0 Å². The molecule has 1 aromatic heterocycles. The van der Waals surface area contributed by atoms with Crippen LogP contribution in [0.3, 0.4) is 0 Å². The molecular weight excluding hydrogens is 972 g/mol. The van der Waals surface area contributed by atoms with Gasteiger partial charge < -0.3 is 9.80 Å². The number of benzene rings is 6. The summed E-state index contributed by atoms with van der Waals surface area (Å²) in [5.74, 6) is 0.227. The molecule has 0 amide bonds. The molecule has 2 nitrogen and oxygen atoms in total. The summed E-state index contributed by atoms with van der Waals surface area (Å²) in [6, 6.07) is 43.9. The fourth-order valence-electron chi connectivity index (χ4n) is 17.5. The predicted molar refractivity (Wildman–Crippen MR) is 343 cm³/mol. The van der Waals surface area contributed by atoms with E-state index in [9.17, 15) is 0 Å². The summed E-state index contributed by atoms with van der Waals surface area (Å²) in [7, 11) is 0. The van der Waals surface area contributed by atoms with Crippen LogP contribution in [0.5, 0.6) is 0 Å². The molecule has 0 radical (unpaired) electrons. The van der Waals surface area contributed by atoms with E-state index in [-0.39, 0.29) is 61.4 Å². The highest BCUT2D eigenvalue weighted by Gasteiger charge is 2.60. The first-order chi connectivity index (χ1) is 37.0. The third-order valence-electron chi connectivity index (χ3n) is 23.2.